The van der Waals surface area contributed by atoms with Crippen LogP contribution in [0, 0.1) is 0 Å². The van der Waals surface area contributed by atoms with Crippen molar-refractivity contribution in [3.63, 3.8) is 0 Å². The number of benzene rings is 2. The van der Waals surface area contributed by atoms with Crippen molar-refractivity contribution in [3.8, 4) is 11.5 Å². The molecule has 2 aromatic rings. The van der Waals surface area contributed by atoms with Crippen LogP contribution in [0.25, 0.3) is 0 Å². The fourth-order valence-corrected chi connectivity index (χ4v) is 2.37. The summed E-state index contributed by atoms with van der Waals surface area (Å²) in [7, 11) is 0.976. The second-order valence-corrected chi connectivity index (χ2v) is 5.62. The van der Waals surface area contributed by atoms with Crippen molar-refractivity contribution in [2.75, 3.05) is 13.7 Å². The van der Waals surface area contributed by atoms with Crippen LogP contribution in [0.3, 0.4) is 0 Å². The van der Waals surface area contributed by atoms with Gasteiger partial charge in [-0.2, -0.15) is 22.0 Å². The van der Waals surface area contributed by atoms with Crippen molar-refractivity contribution in [2.24, 2.45) is 0 Å². The average molecular weight is 404 g/mol. The number of esters is 1. The third-order valence-corrected chi connectivity index (χ3v) is 3.70. The number of hydrogen-bond acceptors (Lipinski definition) is 4. The Morgan fingerprint density at radius 1 is 1.00 bits per heavy atom. The molecule has 152 valence electrons. The highest BCUT2D eigenvalue weighted by molar-refractivity contribution is 5.90. The van der Waals surface area contributed by atoms with Gasteiger partial charge in [-0.3, -0.25) is 0 Å². The van der Waals surface area contributed by atoms with E-state index in [0.717, 1.165) is 13.2 Å². The highest BCUT2D eigenvalue weighted by Crippen LogP contribution is 2.50. The van der Waals surface area contributed by atoms with Crippen molar-refractivity contribution in [2.45, 2.75) is 25.6 Å². The summed E-state index contributed by atoms with van der Waals surface area (Å²) in [5.41, 5.74) is -1.50. The van der Waals surface area contributed by atoms with Crippen molar-refractivity contribution in [3.05, 3.63) is 59.2 Å². The van der Waals surface area contributed by atoms with Crippen molar-refractivity contribution in [1.29, 1.82) is 0 Å². The molecule has 0 atom stereocenters. The summed E-state index contributed by atoms with van der Waals surface area (Å²) < 4.78 is 82.4. The number of carbonyl (C=O) groups excluding carboxylic acids is 1. The lowest BCUT2D eigenvalue weighted by Crippen LogP contribution is -2.34. The van der Waals surface area contributed by atoms with Gasteiger partial charge in [0.25, 0.3) is 0 Å². The van der Waals surface area contributed by atoms with E-state index in [1.165, 1.54) is 6.92 Å². The van der Waals surface area contributed by atoms with Crippen LogP contribution in [0.2, 0.25) is 0 Å². The van der Waals surface area contributed by atoms with Gasteiger partial charge in [0.1, 0.15) is 6.61 Å². The monoisotopic (exact) mass is 404 g/mol. The maximum Gasteiger partial charge on any atom is 0.458 e. The van der Waals surface area contributed by atoms with Gasteiger partial charge in [0.15, 0.2) is 11.5 Å². The summed E-state index contributed by atoms with van der Waals surface area (Å²) in [4.78, 5) is 11.7. The molecule has 0 spiro atoms. The molecule has 0 aromatic heterocycles. The predicted octanol–water partition coefficient (Wildman–Crippen LogP) is 5.11. The lowest BCUT2D eigenvalue weighted by Gasteiger charge is -2.24. The molecule has 2 rings (SSSR count). The minimum absolute atomic E-state index is 0.0522. The molecule has 0 aliphatic heterocycles. The zero-order chi connectivity index (χ0) is 20.9. The van der Waals surface area contributed by atoms with Gasteiger partial charge in [-0.15, -0.1) is 0 Å². The lowest BCUT2D eigenvalue weighted by molar-refractivity contribution is -0.289. The minimum atomic E-state index is -5.91. The lowest BCUT2D eigenvalue weighted by atomic mass is 10.0. The highest BCUT2D eigenvalue weighted by Gasteiger charge is 2.60. The van der Waals surface area contributed by atoms with E-state index in [-0.39, 0.29) is 13.2 Å². The Kier molecular flexibility index (Phi) is 6.48. The van der Waals surface area contributed by atoms with E-state index in [1.807, 2.05) is 0 Å². The third-order valence-electron chi connectivity index (χ3n) is 3.70. The topological polar surface area (TPSA) is 44.8 Å². The molecule has 0 fully saturated rings. The fourth-order valence-electron chi connectivity index (χ4n) is 2.37. The van der Waals surface area contributed by atoms with Gasteiger partial charge >= 0.3 is 18.1 Å². The maximum absolute atomic E-state index is 14.2. The molecule has 2 aromatic carbocycles. The summed E-state index contributed by atoms with van der Waals surface area (Å²) in [5.74, 6) is -7.58. The number of ether oxygens (including phenoxy) is 3. The number of alkyl halides is 5. The van der Waals surface area contributed by atoms with E-state index in [9.17, 15) is 26.7 Å². The summed E-state index contributed by atoms with van der Waals surface area (Å²) in [6, 6.07) is 9.67. The highest BCUT2D eigenvalue weighted by atomic mass is 19.4. The van der Waals surface area contributed by atoms with E-state index < -0.39 is 40.7 Å². The first-order chi connectivity index (χ1) is 13.1. The molecule has 0 N–H and O–H groups in total. The SMILES string of the molecule is CCOc1cc(C(=O)OC)cc(C(F)(F)C(F)(F)F)c1OCc1ccccc1. The number of rotatable bonds is 7. The first-order valence-corrected chi connectivity index (χ1v) is 8.12. The van der Waals surface area contributed by atoms with Gasteiger partial charge in [0, 0.05) is 0 Å². The van der Waals surface area contributed by atoms with E-state index in [1.54, 1.807) is 30.3 Å². The number of hydrogen-bond donors (Lipinski definition) is 0. The first kappa shape index (κ1) is 21.5. The molecule has 0 aliphatic rings. The molecule has 0 saturated carbocycles. The Hall–Kier alpha value is -2.84. The predicted molar refractivity (Wildman–Crippen MR) is 89.7 cm³/mol. The Balaban J connectivity index is 2.62. The van der Waals surface area contributed by atoms with Crippen molar-refractivity contribution >= 4 is 5.97 Å². The minimum Gasteiger partial charge on any atom is -0.490 e. The first-order valence-electron chi connectivity index (χ1n) is 8.12. The number of halogens is 5. The zero-order valence-electron chi connectivity index (χ0n) is 15.0. The quantitative estimate of drug-likeness (QED) is 0.476. The molecule has 0 saturated heterocycles. The molecule has 0 heterocycles. The molecule has 0 bridgehead atoms. The molecule has 9 heteroatoms. The molecular formula is C19H17F5O4. The standard InChI is InChI=1S/C19H17F5O4/c1-3-27-15-10-13(17(25)26-2)9-14(18(20,21)19(22,23)24)16(15)28-11-12-7-5-4-6-8-12/h4-10H,3,11H2,1-2H3. The largest absolute Gasteiger partial charge is 0.490 e. The summed E-state index contributed by atoms with van der Waals surface area (Å²) in [6.07, 6.45) is -5.91. The van der Waals surface area contributed by atoms with Crippen LogP contribution < -0.4 is 9.47 Å². The van der Waals surface area contributed by atoms with Gasteiger partial charge in [-0.25, -0.2) is 4.79 Å². The van der Waals surface area contributed by atoms with Crippen LogP contribution in [-0.2, 0) is 17.3 Å². The molecule has 0 radical (unpaired) electrons. The average Bonchev–Trinajstić information content (AvgIpc) is 2.65. The summed E-state index contributed by atoms with van der Waals surface area (Å²) >= 11 is 0. The Labute approximate surface area is 157 Å². The van der Waals surface area contributed by atoms with Crippen molar-refractivity contribution < 1.29 is 41.0 Å². The van der Waals surface area contributed by atoms with Crippen LogP contribution >= 0.6 is 0 Å². The second-order valence-electron chi connectivity index (χ2n) is 5.62. The number of carbonyl (C=O) groups is 1. The van der Waals surface area contributed by atoms with E-state index in [4.69, 9.17) is 9.47 Å². The van der Waals surface area contributed by atoms with Crippen LogP contribution in [-0.4, -0.2) is 25.9 Å². The van der Waals surface area contributed by atoms with Crippen LogP contribution in [0.4, 0.5) is 22.0 Å². The van der Waals surface area contributed by atoms with Crippen LogP contribution in [0.15, 0.2) is 42.5 Å². The maximum atomic E-state index is 14.2. The van der Waals surface area contributed by atoms with Gasteiger partial charge in [-0.05, 0) is 24.6 Å². The van der Waals surface area contributed by atoms with Gasteiger partial charge in [-0.1, -0.05) is 30.3 Å². The second kappa shape index (κ2) is 8.45. The molecule has 4 nitrogen and oxygen atoms in total. The third kappa shape index (κ3) is 4.52. The molecular weight excluding hydrogens is 387 g/mol. The Morgan fingerprint density at radius 2 is 1.64 bits per heavy atom. The van der Waals surface area contributed by atoms with E-state index in [2.05, 4.69) is 4.74 Å². The molecule has 0 amide bonds. The fraction of sp³-hybridized carbons (Fsp3) is 0.316. The normalized spacial score (nSPS) is 11.8. The van der Waals surface area contributed by atoms with Crippen LogP contribution in [0.5, 0.6) is 11.5 Å². The van der Waals surface area contributed by atoms with Gasteiger partial charge < -0.3 is 14.2 Å². The van der Waals surface area contributed by atoms with Crippen molar-refractivity contribution in [1.82, 2.24) is 0 Å². The Bertz CT molecular complexity index is 819. The Morgan fingerprint density at radius 3 is 2.18 bits per heavy atom. The molecule has 0 aliphatic carbocycles. The zero-order valence-corrected chi connectivity index (χ0v) is 15.0. The van der Waals surface area contributed by atoms with E-state index in [0.29, 0.717) is 11.6 Å². The molecule has 0 unspecified atom stereocenters. The van der Waals surface area contributed by atoms with E-state index >= 15 is 0 Å². The smallest absolute Gasteiger partial charge is 0.458 e. The molecule has 28 heavy (non-hydrogen) atoms. The van der Waals surface area contributed by atoms with Gasteiger partial charge in [0.2, 0.25) is 0 Å². The summed E-state index contributed by atoms with van der Waals surface area (Å²) in [6.45, 7) is 1.18. The summed E-state index contributed by atoms with van der Waals surface area (Å²) in [5, 5.41) is 0. The number of methoxy groups -OCH3 is 1. The van der Waals surface area contributed by atoms with Crippen LogP contribution in [0.1, 0.15) is 28.4 Å². The van der Waals surface area contributed by atoms with Gasteiger partial charge in [0.05, 0.1) is 24.8 Å².